The van der Waals surface area contributed by atoms with Gasteiger partial charge in [0.25, 0.3) is 0 Å². The van der Waals surface area contributed by atoms with E-state index in [1.165, 1.54) is 13.0 Å². The monoisotopic (exact) mass is 454 g/mol. The van der Waals surface area contributed by atoms with Gasteiger partial charge in [0, 0.05) is 6.07 Å². The molecule has 1 fully saturated rings. The largest absolute Gasteiger partial charge is 0.508 e. The number of carbonyl (C=O) groups excluding carboxylic acids is 1. The van der Waals surface area contributed by atoms with Gasteiger partial charge in [0.2, 0.25) is 6.29 Å². The van der Waals surface area contributed by atoms with Gasteiger partial charge in [-0.1, -0.05) is 0 Å². The fourth-order valence-electron chi connectivity index (χ4n) is 3.12. The molecule has 0 radical (unpaired) electrons. The molecule has 0 amide bonds. The second-order valence-electron chi connectivity index (χ2n) is 7.21. The van der Waals surface area contributed by atoms with Crippen LogP contribution in [0.25, 0.3) is 0 Å². The van der Waals surface area contributed by atoms with E-state index in [2.05, 4.69) is 0 Å². The summed E-state index contributed by atoms with van der Waals surface area (Å²) in [6.07, 6.45) is -8.16. The van der Waals surface area contributed by atoms with Crippen LogP contribution in [0.2, 0.25) is 0 Å². The van der Waals surface area contributed by atoms with E-state index in [0.29, 0.717) is 0 Å². The van der Waals surface area contributed by atoms with Crippen molar-refractivity contribution in [1.82, 2.24) is 0 Å². The lowest BCUT2D eigenvalue weighted by Gasteiger charge is -2.40. The molecule has 8 N–H and O–H groups in total. The Labute approximate surface area is 180 Å². The lowest BCUT2D eigenvalue weighted by Crippen LogP contribution is -2.60. The van der Waals surface area contributed by atoms with Crippen molar-refractivity contribution in [1.29, 1.82) is 0 Å². The molecular weight excluding hydrogens is 432 g/mol. The molecule has 0 bridgehead atoms. The SMILES string of the molecule is Cc1cc(O)cc(O)c1OC1OC(COC(=O)c2cc(O)c(O)c(O)c2)C(O)C(O)C1O. The fourth-order valence-corrected chi connectivity index (χ4v) is 3.12. The third-order valence-electron chi connectivity index (χ3n) is 4.83. The van der Waals surface area contributed by atoms with E-state index in [9.17, 15) is 45.6 Å². The summed E-state index contributed by atoms with van der Waals surface area (Å²) in [5.74, 6) is -4.25. The van der Waals surface area contributed by atoms with Crippen molar-refractivity contribution in [2.75, 3.05) is 6.61 Å². The van der Waals surface area contributed by atoms with Crippen LogP contribution in [0.5, 0.6) is 34.5 Å². The number of aryl methyl sites for hydroxylation is 1. The summed E-state index contributed by atoms with van der Waals surface area (Å²) in [7, 11) is 0. The smallest absolute Gasteiger partial charge is 0.338 e. The first-order valence-corrected chi connectivity index (χ1v) is 9.30. The van der Waals surface area contributed by atoms with Crippen LogP contribution in [0.1, 0.15) is 15.9 Å². The first-order chi connectivity index (χ1) is 15.0. The van der Waals surface area contributed by atoms with Crippen LogP contribution < -0.4 is 4.74 Å². The Hall–Kier alpha value is -3.45. The topological polar surface area (TPSA) is 207 Å². The summed E-state index contributed by atoms with van der Waals surface area (Å²) < 4.78 is 15.8. The first-order valence-electron chi connectivity index (χ1n) is 9.30. The standard InChI is InChI=1S/C20H22O12/c1-7-2-9(21)5-12(24)18(7)32-20-17(28)16(27)15(26)13(31-20)6-30-19(29)8-3-10(22)14(25)11(23)4-8/h2-5,13,15-17,20-28H,6H2,1H3. The molecule has 2 aromatic carbocycles. The molecule has 0 saturated carbocycles. The number of aromatic hydroxyl groups is 5. The minimum Gasteiger partial charge on any atom is -0.508 e. The number of hydrogen-bond acceptors (Lipinski definition) is 12. The van der Waals surface area contributed by atoms with Gasteiger partial charge >= 0.3 is 5.97 Å². The van der Waals surface area contributed by atoms with Gasteiger partial charge < -0.3 is 55.1 Å². The Balaban J connectivity index is 1.72. The highest BCUT2D eigenvalue weighted by Gasteiger charge is 2.46. The van der Waals surface area contributed by atoms with E-state index in [-0.39, 0.29) is 22.6 Å². The van der Waals surface area contributed by atoms with Gasteiger partial charge in [0.15, 0.2) is 28.7 Å². The lowest BCUT2D eigenvalue weighted by atomic mass is 9.99. The molecule has 0 spiro atoms. The van der Waals surface area contributed by atoms with E-state index in [1.807, 2.05) is 0 Å². The van der Waals surface area contributed by atoms with Gasteiger partial charge in [-0.05, 0) is 30.7 Å². The molecule has 1 aliphatic heterocycles. The Morgan fingerprint density at radius 1 is 0.906 bits per heavy atom. The van der Waals surface area contributed by atoms with Crippen molar-refractivity contribution in [2.45, 2.75) is 37.6 Å². The minimum absolute atomic E-state index is 0.152. The molecule has 5 unspecified atom stereocenters. The third kappa shape index (κ3) is 4.57. The number of aliphatic hydroxyl groups is 3. The number of carbonyl (C=O) groups is 1. The van der Waals surface area contributed by atoms with E-state index in [0.717, 1.165) is 18.2 Å². The van der Waals surface area contributed by atoms with Gasteiger partial charge in [-0.2, -0.15) is 0 Å². The normalized spacial score (nSPS) is 25.3. The predicted octanol–water partition coefficient (Wildman–Crippen LogP) is -0.434. The molecule has 1 saturated heterocycles. The number of ether oxygens (including phenoxy) is 3. The Kier molecular flexibility index (Phi) is 6.50. The maximum absolute atomic E-state index is 12.2. The number of rotatable bonds is 5. The highest BCUT2D eigenvalue weighted by atomic mass is 16.7. The molecule has 5 atom stereocenters. The lowest BCUT2D eigenvalue weighted by molar-refractivity contribution is -0.277. The summed E-state index contributed by atoms with van der Waals surface area (Å²) >= 11 is 0. The van der Waals surface area contributed by atoms with Gasteiger partial charge in [0.05, 0.1) is 5.56 Å². The molecule has 2 aromatic rings. The van der Waals surface area contributed by atoms with Crippen LogP contribution in [-0.4, -0.2) is 84.1 Å². The quantitative estimate of drug-likeness (QED) is 0.214. The zero-order valence-electron chi connectivity index (χ0n) is 16.6. The molecule has 12 nitrogen and oxygen atoms in total. The Morgan fingerprint density at radius 3 is 2.12 bits per heavy atom. The van der Waals surface area contributed by atoms with Crippen LogP contribution in [0, 0.1) is 6.92 Å². The van der Waals surface area contributed by atoms with E-state index < -0.39 is 66.3 Å². The number of hydrogen-bond donors (Lipinski definition) is 8. The van der Waals surface area contributed by atoms with Gasteiger partial charge in [-0.3, -0.25) is 0 Å². The number of aliphatic hydroxyl groups excluding tert-OH is 3. The molecule has 32 heavy (non-hydrogen) atoms. The van der Waals surface area contributed by atoms with Gasteiger partial charge in [-0.25, -0.2) is 4.79 Å². The van der Waals surface area contributed by atoms with Crippen LogP contribution in [-0.2, 0) is 9.47 Å². The van der Waals surface area contributed by atoms with Crippen molar-refractivity contribution in [3.8, 4) is 34.5 Å². The van der Waals surface area contributed by atoms with Crippen LogP contribution >= 0.6 is 0 Å². The van der Waals surface area contributed by atoms with Crippen molar-refractivity contribution in [3.63, 3.8) is 0 Å². The average Bonchev–Trinajstić information content (AvgIpc) is 2.72. The number of phenolic OH excluding ortho intramolecular Hbond substituents is 5. The summed E-state index contributed by atoms with van der Waals surface area (Å²) in [5, 5.41) is 78.3. The van der Waals surface area contributed by atoms with E-state index in [4.69, 9.17) is 14.2 Å². The number of esters is 1. The Bertz CT molecular complexity index is 960. The highest BCUT2D eigenvalue weighted by Crippen LogP contribution is 2.37. The van der Waals surface area contributed by atoms with Crippen LogP contribution in [0.4, 0.5) is 0 Å². The minimum atomic E-state index is -1.77. The second kappa shape index (κ2) is 8.96. The van der Waals surface area contributed by atoms with Crippen LogP contribution in [0.3, 0.4) is 0 Å². The molecule has 12 heteroatoms. The number of phenols is 5. The van der Waals surface area contributed by atoms with Crippen LogP contribution in [0.15, 0.2) is 24.3 Å². The molecule has 174 valence electrons. The summed E-state index contributed by atoms with van der Waals surface area (Å²) in [6.45, 7) is 0.865. The highest BCUT2D eigenvalue weighted by molar-refractivity contribution is 5.91. The van der Waals surface area contributed by atoms with Crippen molar-refractivity contribution < 1.29 is 59.9 Å². The van der Waals surface area contributed by atoms with Crippen molar-refractivity contribution in [3.05, 3.63) is 35.4 Å². The summed E-state index contributed by atoms with van der Waals surface area (Å²) in [5.41, 5.74) is -0.0324. The van der Waals surface area contributed by atoms with Gasteiger partial charge in [0.1, 0.15) is 36.8 Å². The maximum Gasteiger partial charge on any atom is 0.338 e. The zero-order chi connectivity index (χ0) is 23.7. The maximum atomic E-state index is 12.2. The Morgan fingerprint density at radius 2 is 1.53 bits per heavy atom. The molecule has 1 aliphatic rings. The number of benzene rings is 2. The van der Waals surface area contributed by atoms with Crippen molar-refractivity contribution >= 4 is 5.97 Å². The molecule has 0 aliphatic carbocycles. The second-order valence-corrected chi connectivity index (χ2v) is 7.21. The molecule has 3 rings (SSSR count). The molecule has 1 heterocycles. The summed E-state index contributed by atoms with van der Waals surface area (Å²) in [6, 6.07) is 3.95. The van der Waals surface area contributed by atoms with E-state index >= 15 is 0 Å². The summed E-state index contributed by atoms with van der Waals surface area (Å²) in [4.78, 5) is 12.2. The van der Waals surface area contributed by atoms with E-state index in [1.54, 1.807) is 0 Å². The fraction of sp³-hybridized carbons (Fsp3) is 0.350. The third-order valence-corrected chi connectivity index (χ3v) is 4.83. The van der Waals surface area contributed by atoms with Crippen molar-refractivity contribution in [2.24, 2.45) is 0 Å². The predicted molar refractivity (Wildman–Crippen MR) is 104 cm³/mol. The molecular formula is C20H22O12. The van der Waals surface area contributed by atoms with Gasteiger partial charge in [-0.15, -0.1) is 0 Å². The average molecular weight is 454 g/mol. The zero-order valence-corrected chi connectivity index (χ0v) is 16.6. The first kappa shape index (κ1) is 23.2. The molecule has 0 aromatic heterocycles.